The van der Waals surface area contributed by atoms with E-state index in [2.05, 4.69) is 52.7 Å². The van der Waals surface area contributed by atoms with Gasteiger partial charge in [0.1, 0.15) is 16.4 Å². The van der Waals surface area contributed by atoms with Crippen molar-refractivity contribution in [2.24, 2.45) is 10.2 Å². The monoisotopic (exact) mass is 474 g/mol. The second-order valence-electron chi connectivity index (χ2n) is 6.68. The summed E-state index contributed by atoms with van der Waals surface area (Å²) in [6.07, 6.45) is 0. The molecule has 2 aromatic heterocycles. The molecule has 0 aliphatic rings. The van der Waals surface area contributed by atoms with Gasteiger partial charge in [0.05, 0.1) is 10.6 Å². The van der Waals surface area contributed by atoms with Gasteiger partial charge in [0.15, 0.2) is 15.3 Å². The Labute approximate surface area is 194 Å². The van der Waals surface area contributed by atoms with E-state index >= 15 is 0 Å². The van der Waals surface area contributed by atoms with Gasteiger partial charge >= 0.3 is 0 Å². The Kier molecular flexibility index (Phi) is 7.70. The van der Waals surface area contributed by atoms with E-state index in [9.17, 15) is 10.1 Å². The Morgan fingerprint density at radius 2 is 1.62 bits per heavy atom. The summed E-state index contributed by atoms with van der Waals surface area (Å²) in [6, 6.07) is 6.05. The quantitative estimate of drug-likeness (QED) is 0.221. The number of anilines is 3. The van der Waals surface area contributed by atoms with Gasteiger partial charge in [0.25, 0.3) is 5.69 Å². The first kappa shape index (κ1) is 23.5. The standard InChI is InChI=1S/C20H26N8O2S2/c1-5-26(6-2)19-22-15(16-17(21)23-20(31-16)27(7-3)8-4)18(32-19)25-24-13-10-9-11-14(12-13)28(29)30/h9-12H,5-8,21H2,1-4H3. The summed E-state index contributed by atoms with van der Waals surface area (Å²) < 4.78 is 0. The molecule has 170 valence electrons. The Balaban J connectivity index is 2.06. The summed E-state index contributed by atoms with van der Waals surface area (Å²) in [5, 5.41) is 21.9. The number of benzene rings is 1. The van der Waals surface area contributed by atoms with Gasteiger partial charge in [-0.25, -0.2) is 9.97 Å². The zero-order valence-electron chi connectivity index (χ0n) is 18.5. The molecule has 2 heterocycles. The molecule has 32 heavy (non-hydrogen) atoms. The SMILES string of the molecule is CCN(CC)c1nc(-c2sc(N(CC)CC)nc2N)c(N=Nc2cccc([N+](=O)[O-])c2)s1. The summed E-state index contributed by atoms with van der Waals surface area (Å²) in [4.78, 5) is 25.0. The Hall–Kier alpha value is -3.12. The second kappa shape index (κ2) is 10.5. The molecule has 0 fully saturated rings. The van der Waals surface area contributed by atoms with Crippen LogP contribution in [0.1, 0.15) is 27.7 Å². The number of nitrogens with two attached hydrogens (primary N) is 1. The third kappa shape index (κ3) is 5.02. The molecule has 0 atom stereocenters. The average Bonchev–Trinajstić information content (AvgIpc) is 3.37. The molecule has 3 aromatic rings. The normalized spacial score (nSPS) is 11.2. The van der Waals surface area contributed by atoms with Gasteiger partial charge < -0.3 is 15.5 Å². The first-order valence-corrected chi connectivity index (χ1v) is 12.0. The molecule has 0 saturated carbocycles. The number of nitrogen functional groups attached to an aromatic ring is 1. The van der Waals surface area contributed by atoms with Gasteiger partial charge in [0.2, 0.25) is 0 Å². The maximum Gasteiger partial charge on any atom is 0.271 e. The maximum atomic E-state index is 11.1. The number of hydrogen-bond acceptors (Lipinski definition) is 11. The van der Waals surface area contributed by atoms with Crippen LogP contribution < -0.4 is 15.5 Å². The lowest BCUT2D eigenvalue weighted by atomic mass is 10.3. The van der Waals surface area contributed by atoms with Crippen LogP contribution in [-0.4, -0.2) is 41.1 Å². The molecule has 10 nitrogen and oxygen atoms in total. The summed E-state index contributed by atoms with van der Waals surface area (Å²) in [7, 11) is 0. The maximum absolute atomic E-state index is 11.1. The summed E-state index contributed by atoms with van der Waals surface area (Å²) in [5.74, 6) is 0.403. The molecular weight excluding hydrogens is 448 g/mol. The van der Waals surface area contributed by atoms with E-state index in [1.165, 1.54) is 34.8 Å². The number of azo groups is 1. The Bertz CT molecular complexity index is 1100. The van der Waals surface area contributed by atoms with Gasteiger partial charge in [0, 0.05) is 38.3 Å². The van der Waals surface area contributed by atoms with Crippen molar-refractivity contribution < 1.29 is 4.92 Å². The lowest BCUT2D eigenvalue weighted by molar-refractivity contribution is -0.384. The van der Waals surface area contributed by atoms with Crippen LogP contribution in [0, 0.1) is 10.1 Å². The second-order valence-corrected chi connectivity index (χ2v) is 8.62. The summed E-state index contributed by atoms with van der Waals surface area (Å²) in [6.45, 7) is 11.5. The molecule has 0 bridgehead atoms. The van der Waals surface area contributed by atoms with Crippen molar-refractivity contribution in [2.75, 3.05) is 41.7 Å². The predicted octanol–water partition coefficient (Wildman–Crippen LogP) is 5.86. The van der Waals surface area contributed by atoms with E-state index in [1.54, 1.807) is 12.1 Å². The Morgan fingerprint density at radius 3 is 2.22 bits per heavy atom. The third-order valence-electron chi connectivity index (χ3n) is 4.82. The molecule has 0 radical (unpaired) electrons. The topological polar surface area (TPSA) is 126 Å². The van der Waals surface area contributed by atoms with Crippen molar-refractivity contribution in [2.45, 2.75) is 27.7 Å². The van der Waals surface area contributed by atoms with Gasteiger partial charge in [-0.15, -0.1) is 10.2 Å². The highest BCUT2D eigenvalue weighted by molar-refractivity contribution is 7.22. The highest BCUT2D eigenvalue weighted by atomic mass is 32.1. The van der Waals surface area contributed by atoms with Crippen LogP contribution in [-0.2, 0) is 0 Å². The van der Waals surface area contributed by atoms with Gasteiger partial charge in [-0.1, -0.05) is 28.7 Å². The first-order valence-electron chi connectivity index (χ1n) is 10.3. The predicted molar refractivity (Wildman–Crippen MR) is 132 cm³/mol. The van der Waals surface area contributed by atoms with Crippen molar-refractivity contribution in [1.82, 2.24) is 9.97 Å². The third-order valence-corrected chi connectivity index (χ3v) is 6.96. The van der Waals surface area contributed by atoms with Crippen LogP contribution in [0.2, 0.25) is 0 Å². The molecule has 1 aromatic carbocycles. The fraction of sp³-hybridized carbons (Fsp3) is 0.400. The summed E-state index contributed by atoms with van der Waals surface area (Å²) in [5.41, 5.74) is 7.26. The number of hydrogen-bond donors (Lipinski definition) is 1. The van der Waals surface area contributed by atoms with Gasteiger partial charge in [-0.2, -0.15) is 0 Å². The molecule has 3 rings (SSSR count). The van der Waals surface area contributed by atoms with Crippen LogP contribution in [0.3, 0.4) is 0 Å². The first-order chi connectivity index (χ1) is 15.4. The fourth-order valence-electron chi connectivity index (χ4n) is 3.04. The minimum absolute atomic E-state index is 0.0367. The van der Waals surface area contributed by atoms with E-state index in [4.69, 9.17) is 10.7 Å². The molecule has 0 aliphatic carbocycles. The van der Waals surface area contributed by atoms with Crippen LogP contribution >= 0.6 is 22.7 Å². The number of nitro benzene ring substituents is 1. The van der Waals surface area contributed by atoms with Gasteiger partial charge in [-0.3, -0.25) is 10.1 Å². The minimum atomic E-state index is -0.456. The number of aromatic nitrogens is 2. The number of rotatable bonds is 10. The lowest BCUT2D eigenvalue weighted by Gasteiger charge is -2.16. The summed E-state index contributed by atoms with van der Waals surface area (Å²) >= 11 is 2.89. The van der Waals surface area contributed by atoms with Crippen molar-refractivity contribution in [3.63, 3.8) is 0 Å². The number of nitrogens with zero attached hydrogens (tertiary/aromatic N) is 7. The zero-order valence-corrected chi connectivity index (χ0v) is 20.1. The van der Waals surface area contributed by atoms with Crippen molar-refractivity contribution in [3.8, 4) is 10.6 Å². The van der Waals surface area contributed by atoms with Crippen molar-refractivity contribution in [1.29, 1.82) is 0 Å². The number of thiazole rings is 2. The highest BCUT2D eigenvalue weighted by Gasteiger charge is 2.22. The smallest absolute Gasteiger partial charge is 0.271 e. The van der Waals surface area contributed by atoms with Crippen LogP contribution in [0.25, 0.3) is 10.6 Å². The minimum Gasteiger partial charge on any atom is -0.382 e. The molecule has 0 spiro atoms. The molecule has 12 heteroatoms. The average molecular weight is 475 g/mol. The van der Waals surface area contributed by atoms with E-state index in [-0.39, 0.29) is 5.69 Å². The highest BCUT2D eigenvalue weighted by Crippen LogP contribution is 2.46. The van der Waals surface area contributed by atoms with Crippen LogP contribution in [0.5, 0.6) is 0 Å². The van der Waals surface area contributed by atoms with Crippen LogP contribution in [0.4, 0.5) is 32.5 Å². The zero-order chi connectivity index (χ0) is 23.3. The van der Waals surface area contributed by atoms with E-state index in [0.29, 0.717) is 22.2 Å². The van der Waals surface area contributed by atoms with Gasteiger partial charge in [-0.05, 0) is 33.8 Å². The molecule has 0 aliphatic heterocycles. The van der Waals surface area contributed by atoms with Crippen molar-refractivity contribution in [3.05, 3.63) is 34.4 Å². The molecular formula is C20H26N8O2S2. The largest absolute Gasteiger partial charge is 0.382 e. The van der Waals surface area contributed by atoms with Crippen LogP contribution in [0.15, 0.2) is 34.5 Å². The molecule has 0 amide bonds. The molecule has 0 saturated heterocycles. The molecule has 2 N–H and O–H groups in total. The lowest BCUT2D eigenvalue weighted by Crippen LogP contribution is -2.21. The van der Waals surface area contributed by atoms with E-state index in [0.717, 1.165) is 41.3 Å². The van der Waals surface area contributed by atoms with E-state index in [1.807, 2.05) is 0 Å². The number of non-ortho nitro benzene ring substituents is 1. The number of nitro groups is 1. The molecule has 0 unspecified atom stereocenters. The Morgan fingerprint density at radius 1 is 1.00 bits per heavy atom. The van der Waals surface area contributed by atoms with Crippen molar-refractivity contribution >= 4 is 55.1 Å². The fourth-order valence-corrected chi connectivity index (χ4v) is 5.23. The van der Waals surface area contributed by atoms with E-state index < -0.39 is 4.92 Å².